The number of benzene rings is 1. The standard InChI is InChI=1S/C13H9BrN2/c1-9-6-10(7-15)8-16-13(9)11-2-4-12(14)5-3-11/h2-6,8H,1H3. The highest BCUT2D eigenvalue weighted by atomic mass is 79.9. The lowest BCUT2D eigenvalue weighted by Gasteiger charge is -2.05. The first-order valence-corrected chi connectivity index (χ1v) is 5.62. The Morgan fingerprint density at radius 3 is 2.50 bits per heavy atom. The van der Waals surface area contributed by atoms with Crippen molar-refractivity contribution in [3.63, 3.8) is 0 Å². The van der Waals surface area contributed by atoms with Crippen molar-refractivity contribution in [1.82, 2.24) is 4.98 Å². The Morgan fingerprint density at radius 2 is 1.94 bits per heavy atom. The molecule has 0 aliphatic carbocycles. The SMILES string of the molecule is Cc1cc(C#N)cnc1-c1ccc(Br)cc1. The van der Waals surface area contributed by atoms with E-state index in [1.165, 1.54) is 0 Å². The van der Waals surface area contributed by atoms with Crippen LogP contribution in [0.3, 0.4) is 0 Å². The maximum atomic E-state index is 8.76. The molecule has 0 radical (unpaired) electrons. The fraction of sp³-hybridized carbons (Fsp3) is 0.0769. The Morgan fingerprint density at radius 1 is 1.25 bits per heavy atom. The number of nitriles is 1. The molecule has 0 atom stereocenters. The quantitative estimate of drug-likeness (QED) is 0.794. The van der Waals surface area contributed by atoms with Gasteiger partial charge in [-0.15, -0.1) is 0 Å². The van der Waals surface area contributed by atoms with Crippen LogP contribution in [0.2, 0.25) is 0 Å². The molecule has 1 heterocycles. The van der Waals surface area contributed by atoms with Crippen LogP contribution in [0.5, 0.6) is 0 Å². The van der Waals surface area contributed by atoms with Crippen LogP contribution in [0.4, 0.5) is 0 Å². The van der Waals surface area contributed by atoms with Crippen LogP contribution in [0.25, 0.3) is 11.3 Å². The minimum absolute atomic E-state index is 0.596. The molecule has 2 aromatic rings. The monoisotopic (exact) mass is 272 g/mol. The largest absolute Gasteiger partial charge is 0.255 e. The predicted octanol–water partition coefficient (Wildman–Crippen LogP) is 3.69. The van der Waals surface area contributed by atoms with Gasteiger partial charge in [0.25, 0.3) is 0 Å². The van der Waals surface area contributed by atoms with Crippen molar-refractivity contribution in [1.29, 1.82) is 5.26 Å². The second kappa shape index (κ2) is 4.46. The van der Waals surface area contributed by atoms with Gasteiger partial charge in [0, 0.05) is 16.2 Å². The van der Waals surface area contributed by atoms with E-state index in [1.54, 1.807) is 6.20 Å². The molecule has 0 aliphatic rings. The molecule has 0 bridgehead atoms. The molecule has 78 valence electrons. The molecule has 3 heteroatoms. The molecule has 0 fully saturated rings. The highest BCUT2D eigenvalue weighted by Crippen LogP contribution is 2.23. The zero-order chi connectivity index (χ0) is 11.5. The van der Waals surface area contributed by atoms with Gasteiger partial charge in [-0.25, -0.2) is 0 Å². The molecule has 1 aromatic heterocycles. The second-order valence-electron chi connectivity index (χ2n) is 3.51. The summed E-state index contributed by atoms with van der Waals surface area (Å²) < 4.78 is 1.04. The van der Waals surface area contributed by atoms with E-state index in [0.717, 1.165) is 21.3 Å². The molecule has 0 N–H and O–H groups in total. The number of hydrogen-bond acceptors (Lipinski definition) is 2. The summed E-state index contributed by atoms with van der Waals surface area (Å²) in [7, 11) is 0. The molecule has 1 aromatic carbocycles. The normalized spacial score (nSPS) is 9.81. The Bertz CT molecular complexity index is 553. The zero-order valence-corrected chi connectivity index (χ0v) is 10.3. The average molecular weight is 273 g/mol. The van der Waals surface area contributed by atoms with Crippen LogP contribution in [-0.4, -0.2) is 4.98 Å². The molecule has 0 saturated heterocycles. The number of aryl methyl sites for hydroxylation is 1. The highest BCUT2D eigenvalue weighted by molar-refractivity contribution is 9.10. The number of rotatable bonds is 1. The maximum Gasteiger partial charge on any atom is 0.101 e. The Labute approximate surface area is 103 Å². The minimum atomic E-state index is 0.596. The predicted molar refractivity (Wildman–Crippen MR) is 66.8 cm³/mol. The van der Waals surface area contributed by atoms with Gasteiger partial charge in [-0.1, -0.05) is 28.1 Å². The van der Waals surface area contributed by atoms with Gasteiger partial charge in [-0.3, -0.25) is 4.98 Å². The van der Waals surface area contributed by atoms with Gasteiger partial charge < -0.3 is 0 Å². The summed E-state index contributed by atoms with van der Waals surface area (Å²) in [5.41, 5.74) is 3.59. The third kappa shape index (κ3) is 2.12. The third-order valence-corrected chi connectivity index (χ3v) is 2.85. The van der Waals surface area contributed by atoms with Gasteiger partial charge in [-0.05, 0) is 30.7 Å². The molecular formula is C13H9BrN2. The van der Waals surface area contributed by atoms with Crippen molar-refractivity contribution >= 4 is 15.9 Å². The van der Waals surface area contributed by atoms with E-state index in [9.17, 15) is 0 Å². The smallest absolute Gasteiger partial charge is 0.101 e. The van der Waals surface area contributed by atoms with E-state index in [0.29, 0.717) is 5.56 Å². The Kier molecular flexibility index (Phi) is 3.02. The molecular weight excluding hydrogens is 264 g/mol. The zero-order valence-electron chi connectivity index (χ0n) is 8.74. The lowest BCUT2D eigenvalue weighted by molar-refractivity contribution is 1.25. The van der Waals surface area contributed by atoms with Gasteiger partial charge >= 0.3 is 0 Å². The number of pyridine rings is 1. The van der Waals surface area contributed by atoms with E-state index in [1.807, 2.05) is 37.3 Å². The van der Waals surface area contributed by atoms with Crippen LogP contribution >= 0.6 is 15.9 Å². The topological polar surface area (TPSA) is 36.7 Å². The van der Waals surface area contributed by atoms with Crippen LogP contribution in [0, 0.1) is 18.3 Å². The minimum Gasteiger partial charge on any atom is -0.255 e. The van der Waals surface area contributed by atoms with Crippen molar-refractivity contribution in [3.8, 4) is 17.3 Å². The van der Waals surface area contributed by atoms with E-state index < -0.39 is 0 Å². The fourth-order valence-electron chi connectivity index (χ4n) is 1.55. The number of hydrogen-bond donors (Lipinski definition) is 0. The molecule has 0 aliphatic heterocycles. The molecule has 0 saturated carbocycles. The lowest BCUT2D eigenvalue weighted by atomic mass is 10.1. The first kappa shape index (κ1) is 10.8. The number of nitrogens with zero attached hydrogens (tertiary/aromatic N) is 2. The van der Waals surface area contributed by atoms with Gasteiger partial charge in [0.15, 0.2) is 0 Å². The van der Waals surface area contributed by atoms with Crippen molar-refractivity contribution in [2.24, 2.45) is 0 Å². The summed E-state index contributed by atoms with van der Waals surface area (Å²) in [6.07, 6.45) is 1.60. The second-order valence-corrected chi connectivity index (χ2v) is 4.42. The Hall–Kier alpha value is -1.66. The number of halogens is 1. The van der Waals surface area contributed by atoms with Crippen LogP contribution in [0.1, 0.15) is 11.1 Å². The summed E-state index contributed by atoms with van der Waals surface area (Å²) in [6, 6.07) is 11.9. The molecule has 16 heavy (non-hydrogen) atoms. The van der Waals surface area contributed by atoms with Gasteiger partial charge in [0.1, 0.15) is 6.07 Å². The fourth-order valence-corrected chi connectivity index (χ4v) is 1.81. The summed E-state index contributed by atoms with van der Waals surface area (Å²) in [4.78, 5) is 4.31. The lowest BCUT2D eigenvalue weighted by Crippen LogP contribution is -1.89. The summed E-state index contributed by atoms with van der Waals surface area (Å²) in [5, 5.41) is 8.76. The van der Waals surface area contributed by atoms with E-state index >= 15 is 0 Å². The van der Waals surface area contributed by atoms with Crippen molar-refractivity contribution in [3.05, 3.63) is 52.1 Å². The van der Waals surface area contributed by atoms with Crippen LogP contribution < -0.4 is 0 Å². The molecule has 0 spiro atoms. The van der Waals surface area contributed by atoms with Crippen molar-refractivity contribution < 1.29 is 0 Å². The number of aromatic nitrogens is 1. The summed E-state index contributed by atoms with van der Waals surface area (Å²) in [5.74, 6) is 0. The first-order chi connectivity index (χ1) is 7.70. The molecule has 2 rings (SSSR count). The van der Waals surface area contributed by atoms with Gasteiger partial charge in [0.2, 0.25) is 0 Å². The van der Waals surface area contributed by atoms with Gasteiger partial charge in [0.05, 0.1) is 11.3 Å². The van der Waals surface area contributed by atoms with E-state index in [-0.39, 0.29) is 0 Å². The van der Waals surface area contributed by atoms with Crippen LogP contribution in [0.15, 0.2) is 41.0 Å². The molecule has 2 nitrogen and oxygen atoms in total. The van der Waals surface area contributed by atoms with E-state index in [2.05, 4.69) is 27.0 Å². The highest BCUT2D eigenvalue weighted by Gasteiger charge is 2.04. The van der Waals surface area contributed by atoms with E-state index in [4.69, 9.17) is 5.26 Å². The summed E-state index contributed by atoms with van der Waals surface area (Å²) >= 11 is 3.40. The Balaban J connectivity index is 2.49. The van der Waals surface area contributed by atoms with Crippen molar-refractivity contribution in [2.75, 3.05) is 0 Å². The van der Waals surface area contributed by atoms with Gasteiger partial charge in [-0.2, -0.15) is 5.26 Å². The van der Waals surface area contributed by atoms with Crippen LogP contribution in [-0.2, 0) is 0 Å². The van der Waals surface area contributed by atoms with Crippen molar-refractivity contribution in [2.45, 2.75) is 6.92 Å². The average Bonchev–Trinajstić information content (AvgIpc) is 2.30. The maximum absolute atomic E-state index is 8.76. The first-order valence-electron chi connectivity index (χ1n) is 4.83. The summed E-state index contributed by atoms with van der Waals surface area (Å²) in [6.45, 7) is 1.96. The third-order valence-electron chi connectivity index (χ3n) is 2.33. The molecule has 0 amide bonds. The molecule has 0 unspecified atom stereocenters.